The Hall–Kier alpha value is -2.26. The number of aromatic nitrogens is 2. The molecule has 5 heteroatoms. The maximum atomic E-state index is 12.7. The maximum absolute atomic E-state index is 12.7. The van der Waals surface area contributed by atoms with E-state index in [0.717, 1.165) is 23.7 Å². The first-order chi connectivity index (χ1) is 10.4. The molecule has 1 aromatic heterocycles. The standard InChI is InChI=1S/C17H15F3N2/c1-12-5-2-3-8-16-15(12)11-22(21-16)10-13-6-4-7-14(9-13)17(18,19)20/h2,4,6-9,11-12H,5,10H2,1H3. The largest absolute Gasteiger partial charge is 0.416 e. The summed E-state index contributed by atoms with van der Waals surface area (Å²) in [5.41, 5.74) is 4.96. The second-order valence-electron chi connectivity index (χ2n) is 5.52. The van der Waals surface area contributed by atoms with Gasteiger partial charge in [0.1, 0.15) is 0 Å². The van der Waals surface area contributed by atoms with Crippen molar-refractivity contribution < 1.29 is 13.2 Å². The van der Waals surface area contributed by atoms with Crippen LogP contribution in [0, 0.1) is 0 Å². The van der Waals surface area contributed by atoms with Crippen molar-refractivity contribution in [1.82, 2.24) is 9.78 Å². The van der Waals surface area contributed by atoms with E-state index >= 15 is 0 Å². The minimum absolute atomic E-state index is 0.321. The zero-order chi connectivity index (χ0) is 15.7. The molecule has 1 heterocycles. The normalized spacial score (nSPS) is 17.4. The Morgan fingerprint density at radius 3 is 2.95 bits per heavy atom. The van der Waals surface area contributed by atoms with Crippen molar-refractivity contribution in [3.8, 4) is 0 Å². The average molecular weight is 304 g/mol. The Morgan fingerprint density at radius 2 is 2.18 bits per heavy atom. The first-order valence-corrected chi connectivity index (χ1v) is 7.08. The Bertz CT molecular complexity index is 750. The molecular formula is C17H15F3N2. The highest BCUT2D eigenvalue weighted by Gasteiger charge is 2.30. The second kappa shape index (κ2) is 5.50. The van der Waals surface area contributed by atoms with E-state index in [9.17, 15) is 13.2 Å². The molecule has 0 spiro atoms. The second-order valence-corrected chi connectivity index (χ2v) is 5.52. The summed E-state index contributed by atoms with van der Waals surface area (Å²) in [6, 6.07) is 5.36. The molecular weight excluding hydrogens is 289 g/mol. The SMILES string of the molecule is CC1CC=C=Cc2nn(Cc3cccc(C(F)(F)F)c3)cc21. The lowest BCUT2D eigenvalue weighted by Crippen LogP contribution is -2.07. The summed E-state index contributed by atoms with van der Waals surface area (Å²) in [4.78, 5) is 0. The minimum atomic E-state index is -4.32. The Labute approximate surface area is 126 Å². The monoisotopic (exact) mass is 304 g/mol. The van der Waals surface area contributed by atoms with Crippen LogP contribution in [0.2, 0.25) is 0 Å². The summed E-state index contributed by atoms with van der Waals surface area (Å²) in [5.74, 6) is 0.330. The van der Waals surface area contributed by atoms with Crippen LogP contribution in [-0.4, -0.2) is 9.78 Å². The molecule has 2 nitrogen and oxygen atoms in total. The third-order valence-corrected chi connectivity index (χ3v) is 3.76. The van der Waals surface area contributed by atoms with Crippen LogP contribution in [0.4, 0.5) is 13.2 Å². The number of halogens is 3. The van der Waals surface area contributed by atoms with Crippen LogP contribution in [0.25, 0.3) is 6.08 Å². The lowest BCUT2D eigenvalue weighted by molar-refractivity contribution is -0.137. The number of alkyl halides is 3. The van der Waals surface area contributed by atoms with Gasteiger partial charge < -0.3 is 0 Å². The fourth-order valence-electron chi connectivity index (χ4n) is 2.57. The van der Waals surface area contributed by atoms with Crippen LogP contribution < -0.4 is 0 Å². The molecule has 0 saturated carbocycles. The summed E-state index contributed by atoms with van der Waals surface area (Å²) in [5, 5.41) is 4.45. The van der Waals surface area contributed by atoms with Crippen molar-refractivity contribution in [3.63, 3.8) is 0 Å². The molecule has 0 aliphatic heterocycles. The van der Waals surface area contributed by atoms with Crippen molar-refractivity contribution in [2.45, 2.75) is 32.0 Å². The van der Waals surface area contributed by atoms with Gasteiger partial charge in [-0.25, -0.2) is 0 Å². The van der Waals surface area contributed by atoms with Gasteiger partial charge in [-0.3, -0.25) is 4.68 Å². The average Bonchev–Trinajstić information content (AvgIpc) is 2.78. The zero-order valence-corrected chi connectivity index (χ0v) is 12.1. The Morgan fingerprint density at radius 1 is 1.36 bits per heavy atom. The number of hydrogen-bond donors (Lipinski definition) is 0. The molecule has 0 saturated heterocycles. The highest BCUT2D eigenvalue weighted by Crippen LogP contribution is 2.30. The molecule has 0 fully saturated rings. The maximum Gasteiger partial charge on any atom is 0.416 e. The van der Waals surface area contributed by atoms with E-state index in [4.69, 9.17) is 0 Å². The smallest absolute Gasteiger partial charge is 0.267 e. The van der Waals surface area contributed by atoms with Crippen LogP contribution in [-0.2, 0) is 12.7 Å². The van der Waals surface area contributed by atoms with Crippen LogP contribution in [0.1, 0.15) is 41.6 Å². The molecule has 1 atom stereocenters. The molecule has 22 heavy (non-hydrogen) atoms. The van der Waals surface area contributed by atoms with Crippen molar-refractivity contribution in [1.29, 1.82) is 0 Å². The first kappa shape index (κ1) is 14.7. The lowest BCUT2D eigenvalue weighted by atomic mass is 10.00. The predicted octanol–water partition coefficient (Wildman–Crippen LogP) is 4.63. The third kappa shape index (κ3) is 3.00. The zero-order valence-electron chi connectivity index (χ0n) is 12.1. The van der Waals surface area contributed by atoms with Crippen molar-refractivity contribution in [2.24, 2.45) is 0 Å². The van der Waals surface area contributed by atoms with Crippen LogP contribution >= 0.6 is 0 Å². The third-order valence-electron chi connectivity index (χ3n) is 3.76. The van der Waals surface area contributed by atoms with Gasteiger partial charge in [-0.2, -0.15) is 18.3 Å². The highest BCUT2D eigenvalue weighted by atomic mass is 19.4. The van der Waals surface area contributed by atoms with Crippen molar-refractivity contribution in [2.75, 3.05) is 0 Å². The molecule has 0 radical (unpaired) electrons. The Balaban J connectivity index is 1.89. The summed E-state index contributed by atoms with van der Waals surface area (Å²) >= 11 is 0. The van der Waals surface area contributed by atoms with E-state index in [1.54, 1.807) is 10.7 Å². The topological polar surface area (TPSA) is 17.8 Å². The molecule has 0 bridgehead atoms. The quantitative estimate of drug-likeness (QED) is 0.740. The summed E-state index contributed by atoms with van der Waals surface area (Å²) in [6.07, 6.45) is 2.28. The van der Waals surface area contributed by atoms with E-state index in [-0.39, 0.29) is 0 Å². The fourth-order valence-corrected chi connectivity index (χ4v) is 2.57. The number of allylic oxidation sites excluding steroid dienone is 1. The van der Waals surface area contributed by atoms with Crippen LogP contribution in [0.5, 0.6) is 0 Å². The molecule has 3 rings (SSSR count). The molecule has 114 valence electrons. The van der Waals surface area contributed by atoms with Gasteiger partial charge in [0.05, 0.1) is 17.8 Å². The summed E-state index contributed by atoms with van der Waals surface area (Å²) in [6.45, 7) is 2.42. The molecule has 1 aliphatic rings. The van der Waals surface area contributed by atoms with E-state index in [1.807, 2.05) is 18.3 Å². The summed E-state index contributed by atoms with van der Waals surface area (Å²) < 4.78 is 39.9. The van der Waals surface area contributed by atoms with E-state index in [0.29, 0.717) is 18.0 Å². The number of benzene rings is 1. The van der Waals surface area contributed by atoms with Gasteiger partial charge in [0.25, 0.3) is 0 Å². The van der Waals surface area contributed by atoms with Crippen LogP contribution in [0.15, 0.2) is 42.3 Å². The fraction of sp³-hybridized carbons (Fsp3) is 0.294. The van der Waals surface area contributed by atoms with Gasteiger partial charge in [-0.1, -0.05) is 19.1 Å². The van der Waals surface area contributed by atoms with Gasteiger partial charge in [0.2, 0.25) is 0 Å². The molecule has 0 N–H and O–H groups in total. The van der Waals surface area contributed by atoms with E-state index in [2.05, 4.69) is 17.8 Å². The van der Waals surface area contributed by atoms with Gasteiger partial charge in [-0.15, -0.1) is 5.73 Å². The number of rotatable bonds is 2. The van der Waals surface area contributed by atoms with Gasteiger partial charge in [0.15, 0.2) is 0 Å². The number of nitrogens with zero attached hydrogens (tertiary/aromatic N) is 2. The number of hydrogen-bond acceptors (Lipinski definition) is 1. The molecule has 1 aliphatic carbocycles. The van der Waals surface area contributed by atoms with Crippen molar-refractivity contribution >= 4 is 6.08 Å². The number of fused-ring (bicyclic) bond motifs is 1. The molecule has 1 unspecified atom stereocenters. The van der Waals surface area contributed by atoms with E-state index < -0.39 is 11.7 Å². The minimum Gasteiger partial charge on any atom is -0.267 e. The van der Waals surface area contributed by atoms with E-state index in [1.165, 1.54) is 12.1 Å². The van der Waals surface area contributed by atoms with Crippen LogP contribution in [0.3, 0.4) is 0 Å². The van der Waals surface area contributed by atoms with Gasteiger partial charge in [-0.05, 0) is 36.1 Å². The molecule has 2 aromatic rings. The lowest BCUT2D eigenvalue weighted by Gasteiger charge is -2.09. The molecule has 0 amide bonds. The van der Waals surface area contributed by atoms with Gasteiger partial charge >= 0.3 is 6.18 Å². The highest BCUT2D eigenvalue weighted by molar-refractivity contribution is 5.50. The molecule has 1 aromatic carbocycles. The van der Waals surface area contributed by atoms with Gasteiger partial charge in [0, 0.05) is 17.8 Å². The van der Waals surface area contributed by atoms with Crippen molar-refractivity contribution in [3.05, 3.63) is 64.7 Å². The summed E-state index contributed by atoms with van der Waals surface area (Å²) in [7, 11) is 0. The first-order valence-electron chi connectivity index (χ1n) is 7.08. The predicted molar refractivity (Wildman–Crippen MR) is 78.4 cm³/mol. The Kier molecular flexibility index (Phi) is 3.67.